The van der Waals surface area contributed by atoms with E-state index in [0.29, 0.717) is 5.56 Å². The first-order valence-corrected chi connectivity index (χ1v) is 7.28. The van der Waals surface area contributed by atoms with Gasteiger partial charge in [-0.15, -0.1) is 0 Å². The summed E-state index contributed by atoms with van der Waals surface area (Å²) in [6, 6.07) is 7.15. The van der Waals surface area contributed by atoms with E-state index in [1.54, 1.807) is 24.3 Å². The van der Waals surface area contributed by atoms with Crippen molar-refractivity contribution in [3.8, 4) is 0 Å². The summed E-state index contributed by atoms with van der Waals surface area (Å²) in [6.07, 6.45) is 3.40. The van der Waals surface area contributed by atoms with Gasteiger partial charge in [-0.25, -0.2) is 0 Å². The Hall–Kier alpha value is -1.84. The van der Waals surface area contributed by atoms with E-state index in [1.807, 2.05) is 18.7 Å². The second-order valence-corrected chi connectivity index (χ2v) is 5.57. The highest BCUT2D eigenvalue weighted by Crippen LogP contribution is 2.16. The van der Waals surface area contributed by atoms with Gasteiger partial charge < -0.3 is 10.2 Å². The number of amides is 2. The summed E-state index contributed by atoms with van der Waals surface area (Å²) in [5, 5.41) is 2.82. The summed E-state index contributed by atoms with van der Waals surface area (Å²) in [5.41, 5.74) is 1.42. The molecule has 1 aliphatic heterocycles. The number of carbonyl (C=O) groups excluding carboxylic acids is 2. The smallest absolute Gasteiger partial charge is 0.253 e. The summed E-state index contributed by atoms with van der Waals surface area (Å²) in [6.45, 7) is 5.41. The van der Waals surface area contributed by atoms with E-state index in [1.165, 1.54) is 6.42 Å². The molecule has 20 heavy (non-hydrogen) atoms. The lowest BCUT2D eigenvalue weighted by molar-refractivity contribution is -0.118. The second-order valence-electron chi connectivity index (χ2n) is 5.57. The van der Waals surface area contributed by atoms with Crippen LogP contribution in [0.3, 0.4) is 0 Å². The van der Waals surface area contributed by atoms with Crippen LogP contribution in [0, 0.1) is 5.92 Å². The third kappa shape index (κ3) is 3.59. The molecule has 1 aromatic carbocycles. The van der Waals surface area contributed by atoms with Gasteiger partial charge in [0, 0.05) is 30.3 Å². The lowest BCUT2D eigenvalue weighted by Crippen LogP contribution is -2.35. The number of piperidine rings is 1. The van der Waals surface area contributed by atoms with E-state index in [-0.39, 0.29) is 17.7 Å². The van der Waals surface area contributed by atoms with Gasteiger partial charge in [0.15, 0.2) is 0 Å². The molecular weight excluding hydrogens is 252 g/mol. The summed E-state index contributed by atoms with van der Waals surface area (Å²) in [4.78, 5) is 25.8. The van der Waals surface area contributed by atoms with Crippen LogP contribution in [0.5, 0.6) is 0 Å². The average molecular weight is 274 g/mol. The lowest BCUT2D eigenvalue weighted by Gasteiger charge is -2.26. The Morgan fingerprint density at radius 2 is 1.65 bits per heavy atom. The van der Waals surface area contributed by atoms with Gasteiger partial charge in [0.25, 0.3) is 5.91 Å². The van der Waals surface area contributed by atoms with Crippen molar-refractivity contribution in [3.05, 3.63) is 29.8 Å². The zero-order chi connectivity index (χ0) is 14.5. The minimum Gasteiger partial charge on any atom is -0.339 e. The number of likely N-dealkylation sites (tertiary alicyclic amines) is 1. The predicted molar refractivity (Wildman–Crippen MR) is 79.7 cm³/mol. The molecule has 0 atom stereocenters. The van der Waals surface area contributed by atoms with Crippen LogP contribution >= 0.6 is 0 Å². The van der Waals surface area contributed by atoms with Gasteiger partial charge in [0.2, 0.25) is 5.91 Å². The van der Waals surface area contributed by atoms with E-state index in [0.717, 1.165) is 31.6 Å². The Balaban J connectivity index is 2.00. The standard InChI is InChI=1S/C16H22N2O2/c1-12(2)15(19)17-14-8-6-13(7-9-14)16(20)18-10-4-3-5-11-18/h6-9,12H,3-5,10-11H2,1-2H3,(H,17,19). The number of benzene rings is 1. The van der Waals surface area contributed by atoms with Crippen LogP contribution in [0.2, 0.25) is 0 Å². The molecule has 1 N–H and O–H groups in total. The number of nitrogens with one attached hydrogen (secondary N) is 1. The van der Waals surface area contributed by atoms with E-state index < -0.39 is 0 Å². The van der Waals surface area contributed by atoms with Crippen molar-refractivity contribution in [2.24, 2.45) is 5.92 Å². The molecule has 1 heterocycles. The van der Waals surface area contributed by atoms with Crippen molar-refractivity contribution in [1.82, 2.24) is 4.90 Å². The highest BCUT2D eigenvalue weighted by atomic mass is 16.2. The quantitative estimate of drug-likeness (QED) is 0.921. The molecular formula is C16H22N2O2. The van der Waals surface area contributed by atoms with Crippen molar-refractivity contribution in [1.29, 1.82) is 0 Å². The van der Waals surface area contributed by atoms with Crippen LogP contribution in [0.4, 0.5) is 5.69 Å². The molecule has 0 unspecified atom stereocenters. The van der Waals surface area contributed by atoms with Crippen molar-refractivity contribution in [2.75, 3.05) is 18.4 Å². The first kappa shape index (κ1) is 14.6. The first-order valence-electron chi connectivity index (χ1n) is 7.28. The maximum Gasteiger partial charge on any atom is 0.253 e. The van der Waals surface area contributed by atoms with E-state index in [4.69, 9.17) is 0 Å². The molecule has 4 heteroatoms. The summed E-state index contributed by atoms with van der Waals surface area (Å²) in [5.74, 6) is 0.0243. The fourth-order valence-electron chi connectivity index (χ4n) is 2.26. The summed E-state index contributed by atoms with van der Waals surface area (Å²) < 4.78 is 0. The Kier molecular flexibility index (Phi) is 4.77. The molecule has 2 rings (SSSR count). The second kappa shape index (κ2) is 6.55. The van der Waals surface area contributed by atoms with Crippen molar-refractivity contribution >= 4 is 17.5 Å². The number of anilines is 1. The number of rotatable bonds is 3. The lowest BCUT2D eigenvalue weighted by atomic mass is 10.1. The number of hydrogen-bond donors (Lipinski definition) is 1. The van der Waals surface area contributed by atoms with Crippen LogP contribution in [0.25, 0.3) is 0 Å². The van der Waals surface area contributed by atoms with Gasteiger partial charge in [-0.05, 0) is 43.5 Å². The molecule has 108 valence electrons. The van der Waals surface area contributed by atoms with E-state index in [9.17, 15) is 9.59 Å². The van der Waals surface area contributed by atoms with E-state index in [2.05, 4.69) is 5.32 Å². The van der Waals surface area contributed by atoms with Crippen LogP contribution in [-0.4, -0.2) is 29.8 Å². The molecule has 1 aliphatic rings. The fraction of sp³-hybridized carbons (Fsp3) is 0.500. The largest absolute Gasteiger partial charge is 0.339 e. The predicted octanol–water partition coefficient (Wildman–Crippen LogP) is 2.91. The highest BCUT2D eigenvalue weighted by Gasteiger charge is 2.18. The minimum absolute atomic E-state index is 0.0138. The Bertz CT molecular complexity index is 474. The van der Waals surface area contributed by atoms with Crippen molar-refractivity contribution < 1.29 is 9.59 Å². The van der Waals surface area contributed by atoms with Crippen molar-refractivity contribution in [2.45, 2.75) is 33.1 Å². The molecule has 0 radical (unpaired) electrons. The van der Waals surface area contributed by atoms with Gasteiger partial charge in [0.05, 0.1) is 0 Å². The molecule has 0 spiro atoms. The van der Waals surface area contributed by atoms with Gasteiger partial charge >= 0.3 is 0 Å². The van der Waals surface area contributed by atoms with Crippen molar-refractivity contribution in [3.63, 3.8) is 0 Å². The fourth-order valence-corrected chi connectivity index (χ4v) is 2.26. The molecule has 1 saturated heterocycles. The maximum atomic E-state index is 12.3. The number of carbonyl (C=O) groups is 2. The van der Waals surface area contributed by atoms with Crippen LogP contribution in [0.15, 0.2) is 24.3 Å². The zero-order valence-corrected chi connectivity index (χ0v) is 12.2. The summed E-state index contributed by atoms with van der Waals surface area (Å²) >= 11 is 0. The molecule has 0 aliphatic carbocycles. The van der Waals surface area contributed by atoms with Gasteiger partial charge in [-0.3, -0.25) is 9.59 Å². The maximum absolute atomic E-state index is 12.3. The molecule has 2 amide bonds. The monoisotopic (exact) mass is 274 g/mol. The molecule has 1 fully saturated rings. The topological polar surface area (TPSA) is 49.4 Å². The van der Waals surface area contributed by atoms with Gasteiger partial charge in [0.1, 0.15) is 0 Å². The Morgan fingerprint density at radius 1 is 1.05 bits per heavy atom. The van der Waals surface area contributed by atoms with Crippen LogP contribution in [-0.2, 0) is 4.79 Å². The zero-order valence-electron chi connectivity index (χ0n) is 12.2. The molecule has 4 nitrogen and oxygen atoms in total. The number of nitrogens with zero attached hydrogens (tertiary/aromatic N) is 1. The Labute approximate surface area is 120 Å². The first-order chi connectivity index (χ1) is 9.58. The van der Waals surface area contributed by atoms with Crippen LogP contribution in [0.1, 0.15) is 43.5 Å². The summed E-state index contributed by atoms with van der Waals surface area (Å²) in [7, 11) is 0. The third-order valence-electron chi connectivity index (χ3n) is 3.57. The van der Waals surface area contributed by atoms with Gasteiger partial charge in [-0.1, -0.05) is 13.8 Å². The average Bonchev–Trinajstić information content (AvgIpc) is 2.48. The van der Waals surface area contributed by atoms with Gasteiger partial charge in [-0.2, -0.15) is 0 Å². The van der Waals surface area contributed by atoms with Crippen LogP contribution < -0.4 is 5.32 Å². The molecule has 1 aromatic rings. The minimum atomic E-state index is -0.0512. The SMILES string of the molecule is CC(C)C(=O)Nc1ccc(C(=O)N2CCCCC2)cc1. The molecule has 0 saturated carbocycles. The number of hydrogen-bond acceptors (Lipinski definition) is 2. The highest BCUT2D eigenvalue weighted by molar-refractivity contribution is 5.96. The van der Waals surface area contributed by atoms with E-state index >= 15 is 0 Å². The third-order valence-corrected chi connectivity index (χ3v) is 3.57. The molecule has 0 bridgehead atoms. The molecule has 0 aromatic heterocycles. The Morgan fingerprint density at radius 3 is 2.20 bits per heavy atom. The normalized spacial score (nSPS) is 15.2.